The van der Waals surface area contributed by atoms with Crippen molar-refractivity contribution < 1.29 is 14.3 Å². The van der Waals surface area contributed by atoms with Crippen molar-refractivity contribution in [2.24, 2.45) is 0 Å². The summed E-state index contributed by atoms with van der Waals surface area (Å²) in [5.41, 5.74) is 1.72. The highest BCUT2D eigenvalue weighted by molar-refractivity contribution is 6.07. The number of aliphatic hydroxyl groups excluding tert-OH is 1. The lowest BCUT2D eigenvalue weighted by molar-refractivity contribution is 0.0970. The Hall–Kier alpha value is -2.71. The van der Waals surface area contributed by atoms with Crippen LogP contribution in [-0.2, 0) is 0 Å². The Morgan fingerprint density at radius 1 is 1.32 bits per heavy atom. The fourth-order valence-corrected chi connectivity index (χ4v) is 2.65. The van der Waals surface area contributed by atoms with Gasteiger partial charge in [0, 0.05) is 23.4 Å². The molecular formula is C17H13FN2O2. The second-order valence-electron chi connectivity index (χ2n) is 5.16. The molecule has 1 atom stereocenters. The highest BCUT2D eigenvalue weighted by Crippen LogP contribution is 2.35. The van der Waals surface area contributed by atoms with Crippen molar-refractivity contribution in [2.45, 2.75) is 12.5 Å². The van der Waals surface area contributed by atoms with Crippen LogP contribution in [0.3, 0.4) is 0 Å². The molecule has 0 saturated carbocycles. The summed E-state index contributed by atoms with van der Waals surface area (Å²) < 4.78 is 13.4. The molecule has 0 aliphatic carbocycles. The molecule has 0 bridgehead atoms. The van der Waals surface area contributed by atoms with Gasteiger partial charge >= 0.3 is 0 Å². The van der Waals surface area contributed by atoms with Crippen LogP contribution in [0.5, 0.6) is 0 Å². The lowest BCUT2D eigenvalue weighted by Gasteiger charge is -2.32. The number of hydrogen-bond acceptors (Lipinski definition) is 3. The second kappa shape index (κ2) is 5.58. The van der Waals surface area contributed by atoms with Crippen LogP contribution < -0.4 is 4.90 Å². The number of halogens is 1. The van der Waals surface area contributed by atoms with Crippen LogP contribution >= 0.6 is 0 Å². The summed E-state index contributed by atoms with van der Waals surface area (Å²) in [5, 5.41) is 18.9. The number of amides is 1. The minimum absolute atomic E-state index is 0.267. The van der Waals surface area contributed by atoms with Crippen molar-refractivity contribution in [2.75, 3.05) is 11.4 Å². The van der Waals surface area contributed by atoms with Gasteiger partial charge in [0.2, 0.25) is 0 Å². The number of anilines is 1. The average Bonchev–Trinajstić information content (AvgIpc) is 2.55. The Labute approximate surface area is 127 Å². The fraction of sp³-hybridized carbons (Fsp3) is 0.176. The smallest absolute Gasteiger partial charge is 0.258 e. The maximum absolute atomic E-state index is 13.4. The van der Waals surface area contributed by atoms with Gasteiger partial charge in [-0.05, 0) is 42.8 Å². The zero-order chi connectivity index (χ0) is 15.7. The molecule has 1 unspecified atom stereocenters. The normalized spacial score (nSPS) is 16.8. The molecular weight excluding hydrogens is 283 g/mol. The van der Waals surface area contributed by atoms with E-state index in [1.165, 1.54) is 29.2 Å². The van der Waals surface area contributed by atoms with Gasteiger partial charge in [0.25, 0.3) is 5.91 Å². The van der Waals surface area contributed by atoms with Gasteiger partial charge in [0.15, 0.2) is 0 Å². The van der Waals surface area contributed by atoms with Crippen LogP contribution in [0, 0.1) is 17.1 Å². The summed E-state index contributed by atoms with van der Waals surface area (Å²) in [6, 6.07) is 12.5. The van der Waals surface area contributed by atoms with Crippen LogP contribution in [0.2, 0.25) is 0 Å². The van der Waals surface area contributed by atoms with Crippen LogP contribution in [-0.4, -0.2) is 17.6 Å². The number of carbonyl (C=O) groups is 1. The summed E-state index contributed by atoms with van der Waals surface area (Å²) in [6.45, 7) is 0.343. The van der Waals surface area contributed by atoms with Crippen LogP contribution in [0.4, 0.5) is 10.1 Å². The van der Waals surface area contributed by atoms with Gasteiger partial charge in [-0.25, -0.2) is 4.39 Å². The molecule has 2 aromatic rings. The Morgan fingerprint density at radius 3 is 2.91 bits per heavy atom. The van der Waals surface area contributed by atoms with E-state index in [0.29, 0.717) is 35.3 Å². The van der Waals surface area contributed by atoms with E-state index in [9.17, 15) is 14.3 Å². The molecule has 0 aromatic heterocycles. The first kappa shape index (κ1) is 14.2. The molecule has 110 valence electrons. The Morgan fingerprint density at radius 2 is 2.14 bits per heavy atom. The average molecular weight is 296 g/mol. The molecule has 5 heteroatoms. The Balaban J connectivity index is 2.01. The largest absolute Gasteiger partial charge is 0.388 e. The van der Waals surface area contributed by atoms with E-state index in [-0.39, 0.29) is 5.91 Å². The minimum atomic E-state index is -0.778. The monoisotopic (exact) mass is 296 g/mol. The predicted molar refractivity (Wildman–Crippen MR) is 78.8 cm³/mol. The SMILES string of the molecule is N#Cc1cccc(C(=O)N2CCC(O)c3cc(F)ccc32)c1. The van der Waals surface area contributed by atoms with E-state index in [1.54, 1.807) is 18.2 Å². The molecule has 22 heavy (non-hydrogen) atoms. The highest BCUT2D eigenvalue weighted by atomic mass is 19.1. The lowest BCUT2D eigenvalue weighted by Crippen LogP contribution is -2.36. The van der Waals surface area contributed by atoms with Gasteiger partial charge in [0.05, 0.1) is 17.7 Å². The van der Waals surface area contributed by atoms with E-state index >= 15 is 0 Å². The molecule has 0 saturated heterocycles. The molecule has 3 rings (SSSR count). The van der Waals surface area contributed by atoms with Crippen molar-refractivity contribution >= 4 is 11.6 Å². The fourth-order valence-electron chi connectivity index (χ4n) is 2.65. The number of nitriles is 1. The summed E-state index contributed by atoms with van der Waals surface area (Å²) >= 11 is 0. The third kappa shape index (κ3) is 2.45. The third-order valence-electron chi connectivity index (χ3n) is 3.75. The van der Waals surface area contributed by atoms with E-state index in [2.05, 4.69) is 0 Å². The minimum Gasteiger partial charge on any atom is -0.388 e. The molecule has 4 nitrogen and oxygen atoms in total. The van der Waals surface area contributed by atoms with Crippen LogP contribution in [0.1, 0.15) is 34.0 Å². The second-order valence-corrected chi connectivity index (χ2v) is 5.16. The number of hydrogen-bond donors (Lipinski definition) is 1. The number of fused-ring (bicyclic) bond motifs is 1. The number of rotatable bonds is 1. The molecule has 0 radical (unpaired) electrons. The Bertz CT molecular complexity index is 782. The standard InChI is InChI=1S/C17H13FN2O2/c18-13-4-5-15-14(9-13)16(21)6-7-20(15)17(22)12-3-1-2-11(8-12)10-19/h1-5,8-9,16,21H,6-7H2. The molecule has 1 aliphatic heterocycles. The third-order valence-corrected chi connectivity index (χ3v) is 3.75. The molecule has 0 fully saturated rings. The predicted octanol–water partition coefficient (Wildman–Crippen LogP) is 2.78. The molecule has 1 amide bonds. The molecule has 1 aliphatic rings. The van der Waals surface area contributed by atoms with Gasteiger partial charge in [-0.3, -0.25) is 4.79 Å². The van der Waals surface area contributed by atoms with Crippen molar-refractivity contribution in [3.8, 4) is 6.07 Å². The summed E-state index contributed by atoms with van der Waals surface area (Å²) in [4.78, 5) is 14.2. The van der Waals surface area contributed by atoms with Gasteiger partial charge in [-0.15, -0.1) is 0 Å². The summed E-state index contributed by atoms with van der Waals surface area (Å²) in [7, 11) is 0. The van der Waals surface area contributed by atoms with Crippen molar-refractivity contribution in [1.29, 1.82) is 5.26 Å². The quantitative estimate of drug-likeness (QED) is 0.880. The molecule has 1 heterocycles. The number of benzene rings is 2. The van der Waals surface area contributed by atoms with Gasteiger partial charge < -0.3 is 10.0 Å². The van der Waals surface area contributed by atoms with Crippen molar-refractivity contribution in [3.63, 3.8) is 0 Å². The van der Waals surface area contributed by atoms with Crippen molar-refractivity contribution in [3.05, 3.63) is 65.0 Å². The van der Waals surface area contributed by atoms with Crippen molar-refractivity contribution in [1.82, 2.24) is 0 Å². The summed E-state index contributed by atoms with van der Waals surface area (Å²) in [6.07, 6.45) is -0.430. The topological polar surface area (TPSA) is 64.3 Å². The zero-order valence-corrected chi connectivity index (χ0v) is 11.7. The first-order chi connectivity index (χ1) is 10.6. The first-order valence-corrected chi connectivity index (χ1v) is 6.89. The molecule has 1 N–H and O–H groups in total. The lowest BCUT2D eigenvalue weighted by atomic mass is 9.97. The number of nitrogens with zero attached hydrogens (tertiary/aromatic N) is 2. The highest BCUT2D eigenvalue weighted by Gasteiger charge is 2.28. The Kier molecular flexibility index (Phi) is 3.61. The number of carbonyl (C=O) groups excluding carboxylic acids is 1. The summed E-state index contributed by atoms with van der Waals surface area (Å²) in [5.74, 6) is -0.713. The van der Waals surface area contributed by atoms with E-state index in [1.807, 2.05) is 6.07 Å². The van der Waals surface area contributed by atoms with Crippen LogP contribution in [0.15, 0.2) is 42.5 Å². The molecule has 2 aromatic carbocycles. The van der Waals surface area contributed by atoms with Gasteiger partial charge in [0.1, 0.15) is 5.82 Å². The van der Waals surface area contributed by atoms with Crippen LogP contribution in [0.25, 0.3) is 0 Å². The first-order valence-electron chi connectivity index (χ1n) is 6.89. The van der Waals surface area contributed by atoms with E-state index in [0.717, 1.165) is 0 Å². The van der Waals surface area contributed by atoms with E-state index < -0.39 is 11.9 Å². The zero-order valence-electron chi connectivity index (χ0n) is 11.7. The molecule has 0 spiro atoms. The maximum Gasteiger partial charge on any atom is 0.258 e. The maximum atomic E-state index is 13.4. The number of aliphatic hydroxyl groups is 1. The van der Waals surface area contributed by atoms with Gasteiger partial charge in [-0.2, -0.15) is 5.26 Å². The van der Waals surface area contributed by atoms with Gasteiger partial charge in [-0.1, -0.05) is 6.07 Å². The van der Waals surface area contributed by atoms with E-state index in [4.69, 9.17) is 5.26 Å².